The van der Waals surface area contributed by atoms with Gasteiger partial charge in [0.25, 0.3) is 0 Å². The van der Waals surface area contributed by atoms with Crippen molar-refractivity contribution < 1.29 is 4.74 Å². The highest BCUT2D eigenvalue weighted by molar-refractivity contribution is 5.95. The predicted molar refractivity (Wildman–Crippen MR) is 129 cm³/mol. The Hall–Kier alpha value is -3.58. The summed E-state index contributed by atoms with van der Waals surface area (Å²) in [5, 5.41) is 5.02. The Morgan fingerprint density at radius 3 is 1.61 bits per heavy atom. The van der Waals surface area contributed by atoms with E-state index in [4.69, 9.17) is 4.74 Å². The molecule has 0 N–H and O–H groups in total. The highest BCUT2D eigenvalue weighted by Crippen LogP contribution is 2.52. The Labute approximate surface area is 182 Å². The van der Waals surface area contributed by atoms with E-state index in [1.54, 1.807) is 0 Å². The van der Waals surface area contributed by atoms with E-state index in [9.17, 15) is 0 Å². The van der Waals surface area contributed by atoms with Crippen molar-refractivity contribution in [2.24, 2.45) is 0 Å². The first-order valence-electron chi connectivity index (χ1n) is 11.0. The van der Waals surface area contributed by atoms with E-state index in [-0.39, 0.29) is 5.92 Å². The van der Waals surface area contributed by atoms with Crippen molar-refractivity contribution >= 4 is 21.5 Å². The van der Waals surface area contributed by atoms with Crippen LogP contribution < -0.4 is 4.74 Å². The second-order valence-corrected chi connectivity index (χ2v) is 8.75. The van der Waals surface area contributed by atoms with Crippen molar-refractivity contribution in [1.29, 1.82) is 0 Å². The largest absolute Gasteiger partial charge is 0.457 e. The molecule has 150 valence electrons. The molecule has 0 saturated heterocycles. The molecule has 1 aliphatic rings. The summed E-state index contributed by atoms with van der Waals surface area (Å²) in [6, 6.07) is 35.1. The van der Waals surface area contributed by atoms with E-state index < -0.39 is 0 Å². The molecule has 0 aromatic heterocycles. The molecule has 0 bridgehead atoms. The van der Waals surface area contributed by atoms with Crippen molar-refractivity contribution in [1.82, 2.24) is 0 Å². The molecule has 0 unspecified atom stereocenters. The summed E-state index contributed by atoms with van der Waals surface area (Å²) in [5.41, 5.74) is 5.20. The topological polar surface area (TPSA) is 9.23 Å². The van der Waals surface area contributed by atoms with Gasteiger partial charge in [-0.25, -0.2) is 0 Å². The lowest BCUT2D eigenvalue weighted by molar-refractivity contribution is 0.456. The molecule has 0 aliphatic carbocycles. The smallest absolute Gasteiger partial charge is 0.132 e. The number of rotatable bonds is 2. The molecule has 5 aromatic rings. The zero-order valence-corrected chi connectivity index (χ0v) is 17.8. The third kappa shape index (κ3) is 2.84. The van der Waals surface area contributed by atoms with Crippen molar-refractivity contribution in [3.8, 4) is 11.5 Å². The Morgan fingerprint density at radius 1 is 0.581 bits per heavy atom. The highest BCUT2D eigenvalue weighted by Gasteiger charge is 2.32. The molecule has 6 rings (SSSR count). The van der Waals surface area contributed by atoms with Crippen molar-refractivity contribution in [3.63, 3.8) is 0 Å². The number of hydrogen-bond donors (Lipinski definition) is 0. The highest BCUT2D eigenvalue weighted by atomic mass is 16.5. The molecular formula is C30H24O. The zero-order chi connectivity index (χ0) is 20.9. The van der Waals surface area contributed by atoms with E-state index >= 15 is 0 Å². The van der Waals surface area contributed by atoms with Gasteiger partial charge in [-0.2, -0.15) is 0 Å². The summed E-state index contributed by atoms with van der Waals surface area (Å²) in [7, 11) is 0. The fourth-order valence-electron chi connectivity index (χ4n) is 4.99. The summed E-state index contributed by atoms with van der Waals surface area (Å²) in [4.78, 5) is 0. The molecule has 0 radical (unpaired) electrons. The molecule has 0 fully saturated rings. The van der Waals surface area contributed by atoms with Gasteiger partial charge in [-0.05, 0) is 50.7 Å². The summed E-state index contributed by atoms with van der Waals surface area (Å²) in [6.45, 7) is 4.49. The standard InChI is InChI=1S/C30H24O/c1-19(2)20-11-13-23(14-12-20)28-29-24-9-5-3-7-21(24)15-17-26(29)31-27-18-16-22-8-4-6-10-25(22)30(27)28/h3-19,28H,1-2H3. The Balaban J connectivity index is 1.70. The molecule has 1 heterocycles. The second kappa shape index (κ2) is 6.99. The van der Waals surface area contributed by atoms with Crippen molar-refractivity contribution in [2.75, 3.05) is 0 Å². The van der Waals surface area contributed by atoms with Gasteiger partial charge < -0.3 is 4.74 Å². The van der Waals surface area contributed by atoms with E-state index in [1.165, 1.54) is 43.8 Å². The summed E-state index contributed by atoms with van der Waals surface area (Å²) in [6.07, 6.45) is 0. The third-order valence-corrected chi connectivity index (χ3v) is 6.60. The fraction of sp³-hybridized carbons (Fsp3) is 0.133. The normalized spacial score (nSPS) is 13.3. The number of benzene rings is 5. The lowest BCUT2D eigenvalue weighted by Gasteiger charge is -2.31. The van der Waals surface area contributed by atoms with Crippen LogP contribution in [-0.4, -0.2) is 0 Å². The van der Waals surface area contributed by atoms with Crippen LogP contribution in [0, 0.1) is 0 Å². The first-order valence-corrected chi connectivity index (χ1v) is 11.0. The predicted octanol–water partition coefficient (Wildman–Crippen LogP) is 8.40. The van der Waals surface area contributed by atoms with Crippen molar-refractivity contribution in [3.05, 3.63) is 119 Å². The first-order chi connectivity index (χ1) is 15.2. The molecule has 0 amide bonds. The third-order valence-electron chi connectivity index (χ3n) is 6.60. The second-order valence-electron chi connectivity index (χ2n) is 8.75. The van der Waals surface area contributed by atoms with Gasteiger partial charge in [0.05, 0.1) is 0 Å². The lowest BCUT2D eigenvalue weighted by Crippen LogP contribution is -2.13. The van der Waals surface area contributed by atoms with Crippen molar-refractivity contribution in [2.45, 2.75) is 25.7 Å². The van der Waals surface area contributed by atoms with Crippen LogP contribution in [0.1, 0.15) is 47.9 Å². The zero-order valence-electron chi connectivity index (χ0n) is 17.8. The van der Waals surface area contributed by atoms with Gasteiger partial charge in [0, 0.05) is 17.0 Å². The average molecular weight is 401 g/mol. The maximum absolute atomic E-state index is 6.51. The molecule has 31 heavy (non-hydrogen) atoms. The molecule has 0 atom stereocenters. The van der Waals surface area contributed by atoms with Crippen LogP contribution in [-0.2, 0) is 0 Å². The van der Waals surface area contributed by atoms with Gasteiger partial charge in [-0.3, -0.25) is 0 Å². The van der Waals surface area contributed by atoms with Crippen LogP contribution >= 0.6 is 0 Å². The lowest BCUT2D eigenvalue weighted by atomic mass is 9.78. The maximum Gasteiger partial charge on any atom is 0.132 e. The molecule has 5 aromatic carbocycles. The minimum absolute atomic E-state index is 0.122. The minimum atomic E-state index is 0.122. The van der Waals surface area contributed by atoms with Crippen LogP contribution in [0.3, 0.4) is 0 Å². The van der Waals surface area contributed by atoms with Crippen LogP contribution in [0.5, 0.6) is 11.5 Å². The molecule has 1 heteroatoms. The van der Waals surface area contributed by atoms with E-state index in [0.717, 1.165) is 11.5 Å². The van der Waals surface area contributed by atoms with Gasteiger partial charge in [0.2, 0.25) is 0 Å². The molecule has 0 spiro atoms. The van der Waals surface area contributed by atoms with Gasteiger partial charge in [-0.15, -0.1) is 0 Å². The van der Waals surface area contributed by atoms with E-state index in [0.29, 0.717) is 5.92 Å². The van der Waals surface area contributed by atoms with Crippen LogP contribution in [0.25, 0.3) is 21.5 Å². The molecular weight excluding hydrogens is 376 g/mol. The molecule has 1 aliphatic heterocycles. The summed E-state index contributed by atoms with van der Waals surface area (Å²) in [5.74, 6) is 2.56. The quantitative estimate of drug-likeness (QED) is 0.283. The maximum atomic E-state index is 6.51. The van der Waals surface area contributed by atoms with Crippen LogP contribution in [0.4, 0.5) is 0 Å². The van der Waals surface area contributed by atoms with Gasteiger partial charge in [0.1, 0.15) is 11.5 Å². The van der Waals surface area contributed by atoms with E-state index in [2.05, 4.69) is 111 Å². The average Bonchev–Trinajstić information content (AvgIpc) is 2.82. The number of fused-ring (bicyclic) bond motifs is 6. The SMILES string of the molecule is CC(C)c1ccc(C2c3c(ccc4ccccc34)Oc3ccc4ccccc4c32)cc1. The Morgan fingerprint density at radius 2 is 1.10 bits per heavy atom. The fourth-order valence-corrected chi connectivity index (χ4v) is 4.99. The van der Waals surface area contributed by atoms with Gasteiger partial charge in [-0.1, -0.05) is 98.8 Å². The Bertz CT molecular complexity index is 1340. The monoisotopic (exact) mass is 400 g/mol. The number of hydrogen-bond acceptors (Lipinski definition) is 1. The molecule has 0 saturated carbocycles. The van der Waals surface area contributed by atoms with Crippen LogP contribution in [0.15, 0.2) is 97.1 Å². The summed E-state index contributed by atoms with van der Waals surface area (Å²) >= 11 is 0. The Kier molecular flexibility index (Phi) is 4.11. The van der Waals surface area contributed by atoms with E-state index in [1.807, 2.05) is 0 Å². The minimum Gasteiger partial charge on any atom is -0.457 e. The van der Waals surface area contributed by atoms with Gasteiger partial charge in [0.15, 0.2) is 0 Å². The number of ether oxygens (including phenoxy) is 1. The van der Waals surface area contributed by atoms with Crippen LogP contribution in [0.2, 0.25) is 0 Å². The van der Waals surface area contributed by atoms with Gasteiger partial charge >= 0.3 is 0 Å². The first kappa shape index (κ1) is 18.2. The summed E-state index contributed by atoms with van der Waals surface area (Å²) < 4.78 is 6.51. The molecule has 1 nitrogen and oxygen atoms in total.